The number of aliphatic hydroxyl groups excluding tert-OH is 1. The highest BCUT2D eigenvalue weighted by atomic mass is 16.3. The first-order chi connectivity index (χ1) is 24.4. The molecule has 36 heavy (non-hydrogen) atoms. The molecule has 0 radical (unpaired) electrons. The zero-order valence-corrected chi connectivity index (χ0v) is 19.5. The van der Waals surface area contributed by atoms with Gasteiger partial charge in [0.2, 0.25) is 0 Å². The summed E-state index contributed by atoms with van der Waals surface area (Å²) in [6.45, 7) is -5.31. The highest BCUT2D eigenvalue weighted by molar-refractivity contribution is 5.30. The van der Waals surface area contributed by atoms with Crippen molar-refractivity contribution in [1.82, 2.24) is 16.0 Å². The van der Waals surface area contributed by atoms with Crippen molar-refractivity contribution < 1.29 is 55.3 Å². The number of phenols is 3. The largest absolute Gasteiger partial charge is 0.508 e. The molecule has 0 spiro atoms. The fraction of sp³-hybridized carbons (Fsp3) is 0.333. The number of aromatic hydroxyl groups is 3. The van der Waals surface area contributed by atoms with Gasteiger partial charge >= 0.3 is 0 Å². The second kappa shape index (κ2) is 17.3. The molecule has 0 aromatic heterocycles. The minimum atomic E-state index is -3.07. The summed E-state index contributed by atoms with van der Waals surface area (Å²) in [5, 5.41) is 64.6. The van der Waals surface area contributed by atoms with E-state index in [-0.39, 0.29) is 6.54 Å². The molecule has 0 aliphatic carbocycles. The standard InChI is InChI=1S/3C9H13NO2/c3*1-10-6-9(12)7-3-2-4-8(11)5-7/h3*2-5,9-12H,6H2,1H3/t3*9-/m111/s1/i2D,3D,4D,5D,6D2,9D;2D,3D,4D,5D,9D;2D,3D,4D,5D,6D2. The van der Waals surface area contributed by atoms with E-state index in [1.165, 1.54) is 14.1 Å². The van der Waals surface area contributed by atoms with Gasteiger partial charge in [-0.15, -0.1) is 0 Å². The van der Waals surface area contributed by atoms with Crippen LogP contribution in [0.5, 0.6) is 17.2 Å². The van der Waals surface area contributed by atoms with Crippen molar-refractivity contribution in [1.29, 1.82) is 0 Å². The van der Waals surface area contributed by atoms with Gasteiger partial charge in [-0.05, 0) is 74.1 Å². The van der Waals surface area contributed by atoms with E-state index in [0.717, 1.165) is 7.05 Å². The van der Waals surface area contributed by atoms with Crippen LogP contribution < -0.4 is 16.0 Å². The Labute approximate surface area is 238 Å². The van der Waals surface area contributed by atoms with Gasteiger partial charge < -0.3 is 46.6 Å². The smallest absolute Gasteiger partial charge is 0.115 e. The average Bonchev–Trinajstić information content (AvgIpc) is 3.10. The number of benzene rings is 3. The first kappa shape index (κ1) is 12.9. The van der Waals surface area contributed by atoms with Gasteiger partial charge in [-0.2, -0.15) is 0 Å². The summed E-state index contributed by atoms with van der Waals surface area (Å²) in [6.07, 6.45) is -7.28. The third kappa shape index (κ3) is 12.0. The summed E-state index contributed by atoms with van der Waals surface area (Å²) < 4.78 is 134. The van der Waals surface area contributed by atoms with E-state index in [1.807, 2.05) is 5.32 Å². The highest BCUT2D eigenvalue weighted by Gasteiger charge is 2.07. The van der Waals surface area contributed by atoms with Crippen LogP contribution in [-0.2, 0) is 0 Å². The van der Waals surface area contributed by atoms with Crippen molar-refractivity contribution in [3.8, 4) is 17.2 Å². The van der Waals surface area contributed by atoms with Gasteiger partial charge in [0.15, 0.2) is 0 Å². The number of likely N-dealkylation sites (N-methyl/N-ethyl adjacent to an activating group) is 3. The highest BCUT2D eigenvalue weighted by Crippen LogP contribution is 2.18. The maximum Gasteiger partial charge on any atom is 0.115 e. The zero-order valence-electron chi connectivity index (χ0n) is 37.5. The van der Waals surface area contributed by atoms with Gasteiger partial charge in [0, 0.05) is 25.0 Å². The summed E-state index contributed by atoms with van der Waals surface area (Å²) in [7, 11) is 3.86. The van der Waals surface area contributed by atoms with E-state index in [9.17, 15) is 30.6 Å². The molecule has 9 nitrogen and oxygen atoms in total. The Balaban J connectivity index is 0.000000406. The fourth-order valence-electron chi connectivity index (χ4n) is 2.06. The Morgan fingerprint density at radius 1 is 0.667 bits per heavy atom. The minimum absolute atomic E-state index is 0.263. The predicted molar refractivity (Wildman–Crippen MR) is 141 cm³/mol. The van der Waals surface area contributed by atoms with E-state index in [4.69, 9.17) is 24.7 Å². The molecule has 9 heteroatoms. The molecule has 9 N–H and O–H groups in total. The Bertz CT molecular complexity index is 1780. The summed E-state index contributed by atoms with van der Waals surface area (Å²) >= 11 is 0. The number of hydrogen-bond donors (Lipinski definition) is 9. The van der Waals surface area contributed by atoms with Crippen LogP contribution in [0.2, 0.25) is 0 Å². The van der Waals surface area contributed by atoms with Crippen molar-refractivity contribution in [2.75, 3.05) is 40.7 Å². The minimum Gasteiger partial charge on any atom is -0.508 e. The van der Waals surface area contributed by atoms with Gasteiger partial charge in [0.05, 0.1) is 37.5 Å². The first-order valence-corrected chi connectivity index (χ1v) is 9.91. The second-order valence-corrected chi connectivity index (χ2v) is 6.21. The average molecular weight is 520 g/mol. The third-order valence-electron chi connectivity index (χ3n) is 3.52. The number of hydrogen-bond acceptors (Lipinski definition) is 9. The van der Waals surface area contributed by atoms with Gasteiger partial charge in [0.1, 0.15) is 17.2 Å². The van der Waals surface area contributed by atoms with E-state index in [0.29, 0.717) is 0 Å². The molecule has 198 valence electrons. The van der Waals surface area contributed by atoms with Gasteiger partial charge in [-0.1, -0.05) is 36.3 Å². The number of phenolic OH excluding ortho intramolecular Hbond substituents is 3. The van der Waals surface area contributed by atoms with Gasteiger partial charge in [-0.3, -0.25) is 0 Å². The summed E-state index contributed by atoms with van der Waals surface area (Å²) in [6, 6.07) is -8.56. The van der Waals surface area contributed by atoms with Crippen molar-refractivity contribution in [3.63, 3.8) is 0 Å². The fourth-order valence-corrected chi connectivity index (χ4v) is 2.06. The molecule has 0 amide bonds. The molecule has 0 heterocycles. The lowest BCUT2D eigenvalue weighted by Crippen LogP contribution is -2.16. The van der Waals surface area contributed by atoms with Crippen molar-refractivity contribution in [3.05, 3.63) is 89.2 Å². The van der Waals surface area contributed by atoms with Crippen LogP contribution in [0.25, 0.3) is 0 Å². The number of aliphatic hydroxyl groups is 3. The number of nitrogens with one attached hydrogen (secondary N) is 3. The van der Waals surface area contributed by atoms with E-state index in [2.05, 4.69) is 10.6 Å². The molecule has 3 atom stereocenters. The molecule has 0 aliphatic heterocycles. The maximum atomic E-state index is 9.95. The normalized spacial score (nSPS) is 22.5. The molecule has 0 unspecified atom stereocenters. The Kier molecular flexibility index (Phi) is 6.18. The lowest BCUT2D eigenvalue weighted by atomic mass is 10.1. The summed E-state index contributed by atoms with van der Waals surface area (Å²) in [5.41, 5.74) is -1.87. The molecule has 0 fully saturated rings. The Hall–Kier alpha value is -3.18. The molecular weight excluding hydrogens is 462 g/mol. The van der Waals surface area contributed by atoms with Gasteiger partial charge in [-0.25, -0.2) is 0 Å². The quantitative estimate of drug-likeness (QED) is 0.206. The second-order valence-electron chi connectivity index (χ2n) is 6.21. The van der Waals surface area contributed by atoms with Crippen LogP contribution in [0.1, 0.15) is 59.6 Å². The molecular formula is C27H39N3O6. The molecule has 0 bridgehead atoms. The topological polar surface area (TPSA) is 157 Å². The third-order valence-corrected chi connectivity index (χ3v) is 3.52. The predicted octanol–water partition coefficient (Wildman–Crippen LogP) is 1.94. The zero-order chi connectivity index (χ0) is 42.8. The molecule has 0 saturated heterocycles. The summed E-state index contributed by atoms with van der Waals surface area (Å²) in [4.78, 5) is 0. The molecule has 0 saturated carbocycles. The molecule has 3 aromatic rings. The van der Waals surface area contributed by atoms with Crippen LogP contribution >= 0.6 is 0 Å². The van der Waals surface area contributed by atoms with Gasteiger partial charge in [0.25, 0.3) is 0 Å². The van der Waals surface area contributed by atoms with Crippen LogP contribution in [-0.4, -0.2) is 71.3 Å². The van der Waals surface area contributed by atoms with Crippen LogP contribution in [0.15, 0.2) is 72.5 Å². The Morgan fingerprint density at radius 2 is 1.08 bits per heavy atom. The van der Waals surface area contributed by atoms with Crippen LogP contribution in [0, 0.1) is 0 Å². The lowest BCUT2D eigenvalue weighted by molar-refractivity contribution is 0.177. The van der Waals surface area contributed by atoms with Crippen molar-refractivity contribution in [2.24, 2.45) is 0 Å². The van der Waals surface area contributed by atoms with Crippen LogP contribution in [0.3, 0.4) is 0 Å². The van der Waals surface area contributed by atoms with E-state index in [1.54, 1.807) is 0 Å². The maximum absolute atomic E-state index is 9.95. The number of rotatable bonds is 9. The molecule has 0 aliphatic rings. The molecule has 3 rings (SSSR count). The van der Waals surface area contributed by atoms with Crippen molar-refractivity contribution >= 4 is 0 Å². The lowest BCUT2D eigenvalue weighted by Gasteiger charge is -2.09. The summed E-state index contributed by atoms with van der Waals surface area (Å²) in [5.74, 6) is -2.63. The van der Waals surface area contributed by atoms with Crippen LogP contribution in [0.4, 0.5) is 0 Å². The Morgan fingerprint density at radius 3 is 1.53 bits per heavy atom. The van der Waals surface area contributed by atoms with E-state index < -0.39 is 138 Å². The molecule has 3 aromatic carbocycles. The monoisotopic (exact) mass is 519 g/mol. The SMILES string of the molecule is [2H]c1c([2H])c(O)c([2H])c([C@H](O)C([2H])([2H])NC)c1[2H].[2H]c1c([2H])c(O)c([2H])c([C@]([2H])(O)C([2H])([2H])NC)c1[2H].[2H]c1c([2H])c(O)c([2H])c([C@]([2H])(O)CNC)c1[2H]. The first-order valence-electron chi connectivity index (χ1n) is 18.9. The van der Waals surface area contributed by atoms with Crippen molar-refractivity contribution in [2.45, 2.75) is 18.3 Å². The van der Waals surface area contributed by atoms with E-state index >= 15 is 0 Å².